The Bertz CT molecular complexity index is 2290. The summed E-state index contributed by atoms with van der Waals surface area (Å²) in [5.74, 6) is 0.445. The summed E-state index contributed by atoms with van der Waals surface area (Å²) in [6.07, 6.45) is 4.28. The van der Waals surface area contributed by atoms with Gasteiger partial charge in [0.25, 0.3) is 0 Å². The van der Waals surface area contributed by atoms with Crippen molar-refractivity contribution in [1.29, 1.82) is 0 Å². The van der Waals surface area contributed by atoms with Gasteiger partial charge in [0.15, 0.2) is 0 Å². The third kappa shape index (κ3) is 5.73. The fourth-order valence-corrected chi connectivity index (χ4v) is 7.83. The lowest BCUT2D eigenvalue weighted by atomic mass is 9.70. The van der Waals surface area contributed by atoms with Crippen molar-refractivity contribution >= 4 is 49.6 Å². The molecule has 2 atom stereocenters. The molecule has 7 aromatic rings. The first-order chi connectivity index (χ1) is 23.9. The van der Waals surface area contributed by atoms with Gasteiger partial charge in [0, 0.05) is 45.7 Å². The van der Waals surface area contributed by atoms with Crippen molar-refractivity contribution in [2.24, 2.45) is 5.41 Å². The molecule has 248 valence electrons. The lowest BCUT2D eigenvalue weighted by molar-refractivity contribution is -0.152. The van der Waals surface area contributed by atoms with Crippen molar-refractivity contribution in [3.8, 4) is 5.69 Å². The molecule has 0 saturated carbocycles. The van der Waals surface area contributed by atoms with Crippen LogP contribution in [0.2, 0.25) is 0 Å². The molecule has 0 aliphatic carbocycles. The fourth-order valence-electron chi connectivity index (χ4n) is 7.83. The van der Waals surface area contributed by atoms with Gasteiger partial charge in [-0.2, -0.15) is 0 Å². The Hall–Kier alpha value is -5.09. The van der Waals surface area contributed by atoms with Gasteiger partial charge in [0.05, 0.1) is 22.0 Å². The SMILES string of the molecule is C=C(CCCC)OC(=O)C(C)(CC)C(CC)c1ccc(Cn2c3ccccc3c3cc4c5ccccc5n(-c5ccccc5)c4cc32)cc1. The van der Waals surface area contributed by atoms with Gasteiger partial charge in [-0.25, -0.2) is 0 Å². The molecule has 0 fully saturated rings. The van der Waals surface area contributed by atoms with Gasteiger partial charge < -0.3 is 13.9 Å². The van der Waals surface area contributed by atoms with E-state index >= 15 is 0 Å². The van der Waals surface area contributed by atoms with Gasteiger partial charge in [-0.05, 0) is 79.6 Å². The monoisotopic (exact) mass is 646 g/mol. The largest absolute Gasteiger partial charge is 0.431 e. The van der Waals surface area contributed by atoms with Crippen LogP contribution in [0.25, 0.3) is 49.3 Å². The number of rotatable bonds is 12. The number of carbonyl (C=O) groups excluding carboxylic acids is 1. The summed E-state index contributed by atoms with van der Waals surface area (Å²) in [5.41, 5.74) is 7.76. The molecule has 4 heteroatoms. The Kier molecular flexibility index (Phi) is 8.90. The number of hydrogen-bond donors (Lipinski definition) is 0. The van der Waals surface area contributed by atoms with Gasteiger partial charge in [-0.3, -0.25) is 4.79 Å². The molecule has 4 nitrogen and oxygen atoms in total. The second-order valence-electron chi connectivity index (χ2n) is 13.7. The van der Waals surface area contributed by atoms with Gasteiger partial charge in [0.1, 0.15) is 5.76 Å². The minimum atomic E-state index is -0.638. The Labute approximate surface area is 289 Å². The molecule has 2 heterocycles. The quantitative estimate of drug-likeness (QED) is 0.0978. The van der Waals surface area contributed by atoms with Crippen LogP contribution in [0, 0.1) is 5.41 Å². The Morgan fingerprint density at radius 2 is 1.37 bits per heavy atom. The zero-order chi connectivity index (χ0) is 34.1. The smallest absolute Gasteiger partial charge is 0.317 e. The van der Waals surface area contributed by atoms with E-state index in [0.717, 1.165) is 37.9 Å². The van der Waals surface area contributed by atoms with E-state index in [4.69, 9.17) is 4.74 Å². The van der Waals surface area contributed by atoms with E-state index in [2.05, 4.69) is 159 Å². The number of allylic oxidation sites excluding steroid dienone is 1. The number of para-hydroxylation sites is 3. The Morgan fingerprint density at radius 3 is 2.04 bits per heavy atom. The number of fused-ring (bicyclic) bond motifs is 6. The van der Waals surface area contributed by atoms with Crippen LogP contribution in [0.4, 0.5) is 0 Å². The molecule has 0 saturated heterocycles. The van der Waals surface area contributed by atoms with E-state index in [1.54, 1.807) is 0 Å². The molecule has 0 bridgehead atoms. The lowest BCUT2D eigenvalue weighted by Gasteiger charge is -2.35. The van der Waals surface area contributed by atoms with Crippen LogP contribution in [0.1, 0.15) is 76.8 Å². The topological polar surface area (TPSA) is 36.2 Å². The number of ether oxygens (including phenoxy) is 1. The maximum Gasteiger partial charge on any atom is 0.317 e. The summed E-state index contributed by atoms with van der Waals surface area (Å²) in [4.78, 5) is 13.5. The zero-order valence-corrected chi connectivity index (χ0v) is 29.2. The normalized spacial score (nSPS) is 13.6. The first-order valence-corrected chi connectivity index (χ1v) is 17.9. The highest BCUT2D eigenvalue weighted by atomic mass is 16.5. The van der Waals surface area contributed by atoms with Gasteiger partial charge in [-0.1, -0.05) is 113 Å². The number of aromatic nitrogens is 2. The van der Waals surface area contributed by atoms with Crippen LogP contribution >= 0.6 is 0 Å². The predicted molar refractivity (Wildman–Crippen MR) is 206 cm³/mol. The molecule has 0 amide bonds. The van der Waals surface area contributed by atoms with E-state index in [9.17, 15) is 4.79 Å². The van der Waals surface area contributed by atoms with Crippen molar-refractivity contribution in [2.45, 2.75) is 72.3 Å². The molecule has 0 spiro atoms. The standard InChI is InChI=1S/C45H46N2O2/c1-6-9-17-31(4)49-44(48)45(5,8-3)39(7-2)33-26-24-32(25-27-33)30-46-40-22-15-13-20-35(40)37-28-38-36-21-14-16-23-41(36)47(43(38)29-42(37)46)34-18-11-10-12-19-34/h10-16,18-29,39H,4,6-9,17,30H2,1-3,5H3. The molecule has 7 rings (SSSR count). The van der Waals surface area contributed by atoms with Crippen molar-refractivity contribution in [3.63, 3.8) is 0 Å². The average molecular weight is 647 g/mol. The van der Waals surface area contributed by atoms with Crippen molar-refractivity contribution < 1.29 is 9.53 Å². The minimum Gasteiger partial charge on any atom is -0.431 e. The number of benzene rings is 5. The summed E-state index contributed by atoms with van der Waals surface area (Å²) in [5, 5.41) is 5.04. The van der Waals surface area contributed by atoms with Gasteiger partial charge in [0.2, 0.25) is 0 Å². The molecule has 2 unspecified atom stereocenters. The second-order valence-corrected chi connectivity index (χ2v) is 13.7. The zero-order valence-electron chi connectivity index (χ0n) is 29.2. The Balaban J connectivity index is 1.28. The molecule has 0 aliphatic rings. The van der Waals surface area contributed by atoms with E-state index < -0.39 is 5.41 Å². The summed E-state index contributed by atoms with van der Waals surface area (Å²) < 4.78 is 10.7. The predicted octanol–water partition coefficient (Wildman–Crippen LogP) is 12.1. The molecule has 49 heavy (non-hydrogen) atoms. The third-order valence-corrected chi connectivity index (χ3v) is 10.7. The number of hydrogen-bond acceptors (Lipinski definition) is 2. The molecular weight excluding hydrogens is 601 g/mol. The Morgan fingerprint density at radius 1 is 0.735 bits per heavy atom. The number of carbonyl (C=O) groups is 1. The van der Waals surface area contributed by atoms with E-state index in [0.29, 0.717) is 12.2 Å². The van der Waals surface area contributed by atoms with Crippen molar-refractivity contribution in [3.05, 3.63) is 139 Å². The molecule has 2 aromatic heterocycles. The third-order valence-electron chi connectivity index (χ3n) is 10.7. The van der Waals surface area contributed by atoms with Crippen LogP contribution in [-0.2, 0) is 16.1 Å². The van der Waals surface area contributed by atoms with Crippen LogP contribution in [0.5, 0.6) is 0 Å². The first kappa shape index (κ1) is 32.5. The molecule has 0 aliphatic heterocycles. The van der Waals surface area contributed by atoms with Crippen LogP contribution in [0.15, 0.2) is 128 Å². The van der Waals surface area contributed by atoms with Gasteiger partial charge in [-0.15, -0.1) is 0 Å². The van der Waals surface area contributed by atoms with Crippen LogP contribution < -0.4 is 0 Å². The first-order valence-electron chi connectivity index (χ1n) is 17.9. The molecular formula is C45H46N2O2. The van der Waals surface area contributed by atoms with E-state index in [-0.39, 0.29) is 11.9 Å². The lowest BCUT2D eigenvalue weighted by Crippen LogP contribution is -2.35. The van der Waals surface area contributed by atoms with Crippen LogP contribution in [-0.4, -0.2) is 15.1 Å². The minimum absolute atomic E-state index is 0.0412. The molecule has 5 aromatic carbocycles. The average Bonchev–Trinajstić information content (AvgIpc) is 3.62. The van der Waals surface area contributed by atoms with E-state index in [1.165, 1.54) is 54.7 Å². The number of unbranched alkanes of at least 4 members (excludes halogenated alkanes) is 1. The van der Waals surface area contributed by atoms with Crippen molar-refractivity contribution in [1.82, 2.24) is 9.13 Å². The van der Waals surface area contributed by atoms with Crippen LogP contribution in [0.3, 0.4) is 0 Å². The summed E-state index contributed by atoms with van der Waals surface area (Å²) >= 11 is 0. The van der Waals surface area contributed by atoms with Crippen molar-refractivity contribution in [2.75, 3.05) is 0 Å². The summed E-state index contributed by atoms with van der Waals surface area (Å²) in [6, 6.07) is 41.8. The highest BCUT2D eigenvalue weighted by Gasteiger charge is 2.41. The highest BCUT2D eigenvalue weighted by Crippen LogP contribution is 2.43. The maximum atomic E-state index is 13.5. The molecule has 0 N–H and O–H groups in total. The summed E-state index contributed by atoms with van der Waals surface area (Å²) in [6.45, 7) is 13.2. The van der Waals surface area contributed by atoms with Gasteiger partial charge >= 0.3 is 5.97 Å². The fraction of sp³-hybridized carbons (Fsp3) is 0.267. The number of nitrogens with zero attached hydrogens (tertiary/aromatic N) is 2. The second kappa shape index (κ2) is 13.4. The highest BCUT2D eigenvalue weighted by molar-refractivity contribution is 6.18. The molecule has 0 radical (unpaired) electrons. The maximum absolute atomic E-state index is 13.5. The number of esters is 1. The summed E-state index contributed by atoms with van der Waals surface area (Å²) in [7, 11) is 0. The van der Waals surface area contributed by atoms with E-state index in [1.807, 2.05) is 0 Å².